The number of fused-ring (bicyclic) bond motifs is 1. The van der Waals surface area contributed by atoms with Gasteiger partial charge in [-0.05, 0) is 6.08 Å². The monoisotopic (exact) mass is 216 g/mol. The average molecular weight is 216 g/mol. The van der Waals surface area contributed by atoms with E-state index < -0.39 is 30.4 Å². The van der Waals surface area contributed by atoms with Gasteiger partial charge in [-0.25, -0.2) is 4.79 Å². The van der Waals surface area contributed by atoms with Gasteiger partial charge < -0.3 is 25.9 Å². The summed E-state index contributed by atoms with van der Waals surface area (Å²) in [4.78, 5) is 10.7. The summed E-state index contributed by atoms with van der Waals surface area (Å²) in [5, 5.41) is 28.2. The van der Waals surface area contributed by atoms with E-state index >= 15 is 0 Å². The van der Waals surface area contributed by atoms with Gasteiger partial charge in [0.15, 0.2) is 0 Å². The van der Waals surface area contributed by atoms with E-state index in [0.29, 0.717) is 5.06 Å². The Hall–Kier alpha value is -1.15. The second-order valence-electron chi connectivity index (χ2n) is 3.66. The highest BCUT2D eigenvalue weighted by molar-refractivity contribution is 5.84. The van der Waals surface area contributed by atoms with Gasteiger partial charge in [-0.3, -0.25) is 0 Å². The predicted octanol–water partition coefficient (Wildman–Crippen LogP) is -1.54. The molecular formula is C8H12N2O5. The molecule has 2 aliphatic heterocycles. The highest BCUT2D eigenvalue weighted by atomic mass is 16.6. The van der Waals surface area contributed by atoms with Crippen LogP contribution in [0.2, 0.25) is 0 Å². The van der Waals surface area contributed by atoms with E-state index in [9.17, 15) is 15.1 Å². The number of carboxylic acid groups (broad SMARTS) is 1. The third-order valence-electron chi connectivity index (χ3n) is 2.66. The van der Waals surface area contributed by atoms with E-state index in [1.807, 2.05) is 0 Å². The second kappa shape index (κ2) is 3.46. The number of carbonyl (C=O) groups is 1. The van der Waals surface area contributed by atoms with Crippen LogP contribution in [0, 0.1) is 0 Å². The minimum Gasteiger partial charge on any atom is -0.481 e. The maximum absolute atomic E-state index is 10.7. The van der Waals surface area contributed by atoms with Crippen LogP contribution in [0.5, 0.6) is 0 Å². The number of hydrogen-bond donors (Lipinski definition) is 4. The molecule has 2 rings (SSSR count). The van der Waals surface area contributed by atoms with Crippen molar-refractivity contribution >= 4 is 5.97 Å². The molecular weight excluding hydrogens is 204 g/mol. The van der Waals surface area contributed by atoms with E-state index in [2.05, 4.69) is 0 Å². The van der Waals surface area contributed by atoms with Gasteiger partial charge >= 0.3 is 5.97 Å². The summed E-state index contributed by atoms with van der Waals surface area (Å²) in [7, 11) is 0. The Balaban J connectivity index is 2.23. The first kappa shape index (κ1) is 10.4. The Morgan fingerprint density at radius 2 is 2.33 bits per heavy atom. The van der Waals surface area contributed by atoms with Gasteiger partial charge in [0.05, 0.1) is 6.04 Å². The number of aliphatic hydroxyl groups is 1. The Labute approximate surface area is 85.3 Å². The molecule has 15 heavy (non-hydrogen) atoms. The minimum atomic E-state index is -1.20. The van der Waals surface area contributed by atoms with Crippen molar-refractivity contribution in [2.75, 3.05) is 0 Å². The molecule has 3 unspecified atom stereocenters. The van der Waals surface area contributed by atoms with Crippen LogP contribution in [-0.4, -0.2) is 50.9 Å². The molecule has 0 aromatic carbocycles. The molecule has 0 bridgehead atoms. The molecule has 1 fully saturated rings. The van der Waals surface area contributed by atoms with Gasteiger partial charge in [0, 0.05) is 12.5 Å². The van der Waals surface area contributed by atoms with Gasteiger partial charge in [-0.2, -0.15) is 5.06 Å². The van der Waals surface area contributed by atoms with Crippen LogP contribution in [0.1, 0.15) is 6.42 Å². The number of carboxylic acids is 1. The highest BCUT2D eigenvalue weighted by Gasteiger charge is 2.47. The maximum Gasteiger partial charge on any atom is 0.370 e. The lowest BCUT2D eigenvalue weighted by Gasteiger charge is -2.31. The van der Waals surface area contributed by atoms with Crippen LogP contribution in [0.4, 0.5) is 0 Å². The summed E-state index contributed by atoms with van der Waals surface area (Å²) >= 11 is 0. The first-order valence-corrected chi connectivity index (χ1v) is 4.53. The number of nitrogens with two attached hydrogens (primary N) is 1. The molecule has 0 saturated carbocycles. The molecule has 0 aromatic heterocycles. The van der Waals surface area contributed by atoms with Crippen LogP contribution >= 0.6 is 0 Å². The molecule has 0 aliphatic carbocycles. The first-order valence-electron chi connectivity index (χ1n) is 4.53. The first-order chi connectivity index (χ1) is 7.00. The standard InChI is InChI=1S/C8H12N2O5/c9-3-1-5(8(12)13)15-4-2-6(11)10(14)7(3)4/h1,3-4,6-7,11,14H,2,9H2,(H,12,13)/t3?,4?,6-,7?/m0/s1. The molecule has 0 amide bonds. The molecule has 0 spiro atoms. The van der Waals surface area contributed by atoms with Crippen LogP contribution in [0.3, 0.4) is 0 Å². The molecule has 7 nitrogen and oxygen atoms in total. The number of nitrogens with zero attached hydrogens (tertiary/aromatic N) is 1. The van der Waals surface area contributed by atoms with E-state index in [1.54, 1.807) is 0 Å². The van der Waals surface area contributed by atoms with Crippen LogP contribution < -0.4 is 5.73 Å². The second-order valence-corrected chi connectivity index (χ2v) is 3.66. The molecule has 0 aromatic rings. The molecule has 84 valence electrons. The zero-order valence-corrected chi connectivity index (χ0v) is 7.78. The van der Waals surface area contributed by atoms with Crippen molar-refractivity contribution in [1.29, 1.82) is 0 Å². The number of ether oxygens (including phenoxy) is 1. The Morgan fingerprint density at radius 3 is 2.93 bits per heavy atom. The minimum absolute atomic E-state index is 0.138. The van der Waals surface area contributed by atoms with E-state index in [4.69, 9.17) is 15.6 Å². The number of aliphatic hydroxyl groups excluding tert-OH is 1. The third kappa shape index (κ3) is 1.59. The molecule has 1 saturated heterocycles. The predicted molar refractivity (Wildman–Crippen MR) is 46.6 cm³/mol. The van der Waals surface area contributed by atoms with Gasteiger partial charge in [-0.1, -0.05) is 0 Å². The van der Waals surface area contributed by atoms with Gasteiger partial charge in [0.25, 0.3) is 0 Å². The Morgan fingerprint density at radius 1 is 1.67 bits per heavy atom. The van der Waals surface area contributed by atoms with Crippen molar-refractivity contribution in [2.45, 2.75) is 30.8 Å². The van der Waals surface area contributed by atoms with Gasteiger partial charge in [0.2, 0.25) is 5.76 Å². The summed E-state index contributed by atoms with van der Waals surface area (Å²) in [6.07, 6.45) is -0.284. The fraction of sp³-hybridized carbons (Fsp3) is 0.625. The largest absolute Gasteiger partial charge is 0.481 e. The zero-order chi connectivity index (χ0) is 11.2. The molecule has 7 heteroatoms. The Bertz CT molecular complexity index is 318. The highest BCUT2D eigenvalue weighted by Crippen LogP contribution is 2.31. The zero-order valence-electron chi connectivity index (χ0n) is 7.78. The van der Waals surface area contributed by atoms with Gasteiger partial charge in [0.1, 0.15) is 12.3 Å². The smallest absolute Gasteiger partial charge is 0.370 e. The number of rotatable bonds is 1. The van der Waals surface area contributed by atoms with Crippen molar-refractivity contribution < 1.29 is 25.0 Å². The van der Waals surface area contributed by atoms with E-state index in [0.717, 1.165) is 0 Å². The summed E-state index contributed by atoms with van der Waals surface area (Å²) in [5.41, 5.74) is 5.67. The average Bonchev–Trinajstić information content (AvgIpc) is 2.42. The van der Waals surface area contributed by atoms with Crippen molar-refractivity contribution in [3.05, 3.63) is 11.8 Å². The molecule has 0 radical (unpaired) electrons. The van der Waals surface area contributed by atoms with Crippen LogP contribution in [0.25, 0.3) is 0 Å². The summed E-state index contributed by atoms with van der Waals surface area (Å²) in [6.45, 7) is 0. The normalized spacial score (nSPS) is 40.6. The Kier molecular flexibility index (Phi) is 2.39. The summed E-state index contributed by atoms with van der Waals surface area (Å²) in [5.74, 6) is -1.43. The quantitative estimate of drug-likeness (QED) is 0.420. The number of hydrogen-bond acceptors (Lipinski definition) is 6. The lowest BCUT2D eigenvalue weighted by Crippen LogP contribution is -2.51. The van der Waals surface area contributed by atoms with Crippen molar-refractivity contribution in [1.82, 2.24) is 5.06 Å². The van der Waals surface area contributed by atoms with Crippen LogP contribution in [-0.2, 0) is 9.53 Å². The molecule has 5 N–H and O–H groups in total. The van der Waals surface area contributed by atoms with Crippen molar-refractivity contribution in [3.63, 3.8) is 0 Å². The summed E-state index contributed by atoms with van der Waals surface area (Å²) < 4.78 is 5.10. The maximum atomic E-state index is 10.7. The third-order valence-corrected chi connectivity index (χ3v) is 2.66. The lowest BCUT2D eigenvalue weighted by atomic mass is 10.0. The van der Waals surface area contributed by atoms with E-state index in [-0.39, 0.29) is 12.2 Å². The van der Waals surface area contributed by atoms with E-state index in [1.165, 1.54) is 6.08 Å². The fourth-order valence-electron chi connectivity index (χ4n) is 1.96. The van der Waals surface area contributed by atoms with Crippen molar-refractivity contribution in [3.8, 4) is 0 Å². The summed E-state index contributed by atoms with van der Waals surface area (Å²) in [6, 6.07) is -1.26. The topological polar surface area (TPSA) is 116 Å². The van der Waals surface area contributed by atoms with Crippen LogP contribution in [0.15, 0.2) is 11.8 Å². The number of hydroxylamine groups is 2. The SMILES string of the molecule is NC1C=C(C(=O)O)OC2C[C@H](O)N(O)C12. The molecule has 2 heterocycles. The van der Waals surface area contributed by atoms with Crippen molar-refractivity contribution in [2.24, 2.45) is 5.73 Å². The molecule has 2 aliphatic rings. The fourth-order valence-corrected chi connectivity index (χ4v) is 1.96. The lowest BCUT2D eigenvalue weighted by molar-refractivity contribution is -0.201. The number of aliphatic carboxylic acids is 1. The van der Waals surface area contributed by atoms with Gasteiger partial charge in [-0.15, -0.1) is 0 Å². The molecule has 4 atom stereocenters.